The molecule has 0 N–H and O–H groups in total. The van der Waals surface area contributed by atoms with Crippen molar-refractivity contribution in [2.75, 3.05) is 19.6 Å². The lowest BCUT2D eigenvalue weighted by atomic mass is 9.87. The molecule has 0 saturated heterocycles. The molecule has 0 aliphatic carbocycles. The first-order valence-corrected chi connectivity index (χ1v) is 10.4. The first-order chi connectivity index (χ1) is 13.7. The SMILES string of the molecule is Cc1ccc2c(c1)C(c1ccccc1)CN(C/C=C/c1ccc(Cl)cc1)CC2. The van der Waals surface area contributed by atoms with Gasteiger partial charge in [-0.1, -0.05) is 90.0 Å². The van der Waals surface area contributed by atoms with E-state index in [-0.39, 0.29) is 0 Å². The lowest BCUT2D eigenvalue weighted by Crippen LogP contribution is -2.29. The number of fused-ring (bicyclic) bond motifs is 1. The predicted molar refractivity (Wildman–Crippen MR) is 120 cm³/mol. The summed E-state index contributed by atoms with van der Waals surface area (Å²) in [5.41, 5.74) is 6.93. The first kappa shape index (κ1) is 19.0. The van der Waals surface area contributed by atoms with E-state index in [1.54, 1.807) is 0 Å². The zero-order chi connectivity index (χ0) is 19.3. The van der Waals surface area contributed by atoms with Gasteiger partial charge in [0.05, 0.1) is 0 Å². The third-order valence-corrected chi connectivity index (χ3v) is 5.81. The molecule has 3 aromatic carbocycles. The third-order valence-electron chi connectivity index (χ3n) is 5.56. The van der Waals surface area contributed by atoms with Crippen molar-refractivity contribution >= 4 is 17.7 Å². The second-order valence-electron chi connectivity index (χ2n) is 7.63. The van der Waals surface area contributed by atoms with Crippen LogP contribution in [0, 0.1) is 6.92 Å². The summed E-state index contributed by atoms with van der Waals surface area (Å²) in [4.78, 5) is 2.57. The van der Waals surface area contributed by atoms with Gasteiger partial charge in [0, 0.05) is 30.6 Å². The minimum Gasteiger partial charge on any atom is -0.298 e. The fraction of sp³-hybridized carbons (Fsp3) is 0.231. The molecule has 0 spiro atoms. The highest BCUT2D eigenvalue weighted by Crippen LogP contribution is 2.32. The first-order valence-electron chi connectivity index (χ1n) is 9.98. The number of benzene rings is 3. The summed E-state index contributed by atoms with van der Waals surface area (Å²) >= 11 is 5.98. The van der Waals surface area contributed by atoms with Gasteiger partial charge in [-0.3, -0.25) is 4.90 Å². The molecule has 3 aromatic rings. The maximum atomic E-state index is 5.98. The minimum atomic E-state index is 0.419. The van der Waals surface area contributed by atoms with Gasteiger partial charge in [0.15, 0.2) is 0 Å². The predicted octanol–water partition coefficient (Wildman–Crippen LogP) is 6.35. The Hall–Kier alpha value is -2.35. The van der Waals surface area contributed by atoms with E-state index in [1.807, 2.05) is 12.1 Å². The van der Waals surface area contributed by atoms with Gasteiger partial charge in [0.1, 0.15) is 0 Å². The highest BCUT2D eigenvalue weighted by molar-refractivity contribution is 6.30. The van der Waals surface area contributed by atoms with Crippen molar-refractivity contribution in [3.8, 4) is 0 Å². The van der Waals surface area contributed by atoms with Crippen LogP contribution < -0.4 is 0 Å². The smallest absolute Gasteiger partial charge is 0.0406 e. The van der Waals surface area contributed by atoms with Gasteiger partial charge in [0.25, 0.3) is 0 Å². The summed E-state index contributed by atoms with van der Waals surface area (Å²) in [6, 6.07) is 25.9. The van der Waals surface area contributed by atoms with Gasteiger partial charge in [-0.2, -0.15) is 0 Å². The highest BCUT2D eigenvalue weighted by atomic mass is 35.5. The average molecular weight is 388 g/mol. The molecule has 142 valence electrons. The number of rotatable bonds is 4. The van der Waals surface area contributed by atoms with Crippen molar-refractivity contribution in [3.63, 3.8) is 0 Å². The Morgan fingerprint density at radius 3 is 2.57 bits per heavy atom. The molecule has 0 fully saturated rings. The van der Waals surface area contributed by atoms with E-state index >= 15 is 0 Å². The fourth-order valence-electron chi connectivity index (χ4n) is 4.04. The van der Waals surface area contributed by atoms with Gasteiger partial charge in [0.2, 0.25) is 0 Å². The maximum Gasteiger partial charge on any atom is 0.0406 e. The van der Waals surface area contributed by atoms with Crippen LogP contribution in [0.25, 0.3) is 6.08 Å². The van der Waals surface area contributed by atoms with E-state index in [1.165, 1.54) is 27.8 Å². The molecule has 0 amide bonds. The van der Waals surface area contributed by atoms with E-state index in [9.17, 15) is 0 Å². The fourth-order valence-corrected chi connectivity index (χ4v) is 4.17. The number of halogens is 1. The van der Waals surface area contributed by atoms with Gasteiger partial charge in [-0.25, -0.2) is 0 Å². The largest absolute Gasteiger partial charge is 0.298 e. The van der Waals surface area contributed by atoms with E-state index in [0.717, 1.165) is 31.1 Å². The third kappa shape index (κ3) is 4.55. The van der Waals surface area contributed by atoms with Crippen molar-refractivity contribution < 1.29 is 0 Å². The second kappa shape index (κ2) is 8.77. The Bertz CT molecular complexity index is 944. The summed E-state index contributed by atoms with van der Waals surface area (Å²) in [6.45, 7) is 5.29. The maximum absolute atomic E-state index is 5.98. The molecule has 1 nitrogen and oxygen atoms in total. The van der Waals surface area contributed by atoms with Crippen molar-refractivity contribution in [1.82, 2.24) is 4.90 Å². The Morgan fingerprint density at radius 2 is 1.79 bits per heavy atom. The normalized spacial score (nSPS) is 17.4. The van der Waals surface area contributed by atoms with Crippen LogP contribution in [-0.2, 0) is 6.42 Å². The summed E-state index contributed by atoms with van der Waals surface area (Å²) in [5.74, 6) is 0.419. The van der Waals surface area contributed by atoms with Crippen LogP contribution >= 0.6 is 11.6 Å². The summed E-state index contributed by atoms with van der Waals surface area (Å²) < 4.78 is 0. The monoisotopic (exact) mass is 387 g/mol. The van der Waals surface area contributed by atoms with Gasteiger partial charge >= 0.3 is 0 Å². The van der Waals surface area contributed by atoms with Crippen LogP contribution in [0.1, 0.15) is 33.7 Å². The number of hydrogen-bond acceptors (Lipinski definition) is 1. The van der Waals surface area contributed by atoms with Crippen LogP contribution in [0.15, 0.2) is 78.9 Å². The molecule has 1 heterocycles. The molecule has 0 radical (unpaired) electrons. The Balaban J connectivity index is 1.55. The average Bonchev–Trinajstić information content (AvgIpc) is 2.90. The molecule has 4 rings (SSSR count). The van der Waals surface area contributed by atoms with Crippen molar-refractivity contribution in [3.05, 3.63) is 112 Å². The lowest BCUT2D eigenvalue weighted by molar-refractivity contribution is 0.306. The molecule has 1 aliphatic heterocycles. The van der Waals surface area contributed by atoms with Crippen LogP contribution in [0.2, 0.25) is 5.02 Å². The molecule has 2 heteroatoms. The van der Waals surface area contributed by atoms with Crippen molar-refractivity contribution in [1.29, 1.82) is 0 Å². The second-order valence-corrected chi connectivity index (χ2v) is 8.07. The summed E-state index contributed by atoms with van der Waals surface area (Å²) in [6.07, 6.45) is 5.57. The topological polar surface area (TPSA) is 3.24 Å². The van der Waals surface area contributed by atoms with Crippen molar-refractivity contribution in [2.45, 2.75) is 19.3 Å². The number of hydrogen-bond donors (Lipinski definition) is 0. The zero-order valence-electron chi connectivity index (χ0n) is 16.3. The Labute approximate surface area is 173 Å². The van der Waals surface area contributed by atoms with Gasteiger partial charge in [-0.05, 0) is 47.7 Å². The Morgan fingerprint density at radius 1 is 1.00 bits per heavy atom. The van der Waals surface area contributed by atoms with E-state index in [4.69, 9.17) is 11.6 Å². The highest BCUT2D eigenvalue weighted by Gasteiger charge is 2.24. The van der Waals surface area contributed by atoms with E-state index < -0.39 is 0 Å². The standard InChI is InChI=1S/C26H26ClN/c1-20-9-12-23-15-17-28(16-5-6-21-10-13-24(27)14-11-21)19-26(25(23)18-20)22-7-3-2-4-8-22/h2-14,18,26H,15-17,19H2,1H3/b6-5+. The van der Waals surface area contributed by atoms with E-state index in [0.29, 0.717) is 5.92 Å². The van der Waals surface area contributed by atoms with Crippen molar-refractivity contribution in [2.24, 2.45) is 0 Å². The number of nitrogens with zero attached hydrogens (tertiary/aromatic N) is 1. The summed E-state index contributed by atoms with van der Waals surface area (Å²) in [7, 11) is 0. The lowest BCUT2D eigenvalue weighted by Gasteiger charge is -2.24. The zero-order valence-corrected chi connectivity index (χ0v) is 17.1. The molecule has 0 aromatic heterocycles. The Kier molecular flexibility index (Phi) is 5.95. The van der Waals surface area contributed by atoms with Gasteiger partial charge in [-0.15, -0.1) is 0 Å². The van der Waals surface area contributed by atoms with Gasteiger partial charge < -0.3 is 0 Å². The molecule has 28 heavy (non-hydrogen) atoms. The molecular weight excluding hydrogens is 362 g/mol. The molecule has 0 bridgehead atoms. The summed E-state index contributed by atoms with van der Waals surface area (Å²) in [5, 5.41) is 0.781. The van der Waals surface area contributed by atoms with Crippen LogP contribution in [0.5, 0.6) is 0 Å². The quantitative estimate of drug-likeness (QED) is 0.504. The molecule has 1 unspecified atom stereocenters. The minimum absolute atomic E-state index is 0.419. The van der Waals surface area contributed by atoms with E-state index in [2.05, 4.69) is 84.6 Å². The van der Waals surface area contributed by atoms with Crippen LogP contribution in [0.3, 0.4) is 0 Å². The van der Waals surface area contributed by atoms with Crippen LogP contribution in [-0.4, -0.2) is 24.5 Å². The molecule has 1 aliphatic rings. The molecule has 0 saturated carbocycles. The number of aryl methyl sites for hydroxylation is 1. The molecular formula is C26H26ClN. The molecule has 1 atom stereocenters. The van der Waals surface area contributed by atoms with Crippen LogP contribution in [0.4, 0.5) is 0 Å².